The summed E-state index contributed by atoms with van der Waals surface area (Å²) >= 11 is 0. The van der Waals surface area contributed by atoms with Crippen molar-refractivity contribution in [2.75, 3.05) is 38.8 Å². The third kappa shape index (κ3) is 3.81. The summed E-state index contributed by atoms with van der Waals surface area (Å²) in [6.45, 7) is 1.94. The first-order valence-electron chi connectivity index (χ1n) is 11.8. The van der Waals surface area contributed by atoms with Crippen LogP contribution in [0.5, 0.6) is 0 Å². The number of fused-ring (bicyclic) bond motifs is 2. The molecule has 3 N–H and O–H groups in total. The van der Waals surface area contributed by atoms with E-state index in [1.807, 2.05) is 18.2 Å². The van der Waals surface area contributed by atoms with Gasteiger partial charge in [-0.15, -0.1) is 0 Å². The van der Waals surface area contributed by atoms with Crippen LogP contribution in [0.2, 0.25) is 0 Å². The maximum Gasteiger partial charge on any atom is 0.257 e. The fourth-order valence-corrected chi connectivity index (χ4v) is 4.89. The lowest BCUT2D eigenvalue weighted by Crippen LogP contribution is -2.42. The summed E-state index contributed by atoms with van der Waals surface area (Å²) in [6.07, 6.45) is 6.53. The van der Waals surface area contributed by atoms with Crippen molar-refractivity contribution < 1.29 is 19.4 Å². The molecule has 0 radical (unpaired) electrons. The van der Waals surface area contributed by atoms with Gasteiger partial charge in [-0.05, 0) is 25.0 Å². The number of carbonyl (C=O) groups is 1. The summed E-state index contributed by atoms with van der Waals surface area (Å²) in [5.74, 6) is 0.344. The molecule has 2 aliphatic heterocycles. The van der Waals surface area contributed by atoms with Crippen LogP contribution in [0.3, 0.4) is 0 Å². The number of aromatic nitrogens is 5. The van der Waals surface area contributed by atoms with Crippen LogP contribution in [0.15, 0.2) is 36.8 Å². The minimum Gasteiger partial charge on any atom is -0.388 e. The van der Waals surface area contributed by atoms with Crippen LogP contribution in [0, 0.1) is 0 Å². The number of rotatable bonds is 5. The molecular formula is C24H27N7O4. The van der Waals surface area contributed by atoms with Crippen molar-refractivity contribution in [3.8, 4) is 11.3 Å². The molecule has 11 nitrogen and oxygen atoms in total. The summed E-state index contributed by atoms with van der Waals surface area (Å²) in [6, 6.07) is 5.73. The molecule has 0 saturated carbocycles. The molecule has 1 amide bonds. The zero-order chi connectivity index (χ0) is 23.9. The monoisotopic (exact) mass is 477 g/mol. The van der Waals surface area contributed by atoms with Crippen molar-refractivity contribution in [3.63, 3.8) is 0 Å². The maximum absolute atomic E-state index is 13.1. The van der Waals surface area contributed by atoms with E-state index in [1.54, 1.807) is 17.8 Å². The van der Waals surface area contributed by atoms with Crippen LogP contribution in [0.4, 0.5) is 5.82 Å². The Labute approximate surface area is 201 Å². The minimum atomic E-state index is -0.735. The molecule has 4 aromatic heterocycles. The van der Waals surface area contributed by atoms with Crippen molar-refractivity contribution in [1.29, 1.82) is 0 Å². The number of pyridine rings is 1. The van der Waals surface area contributed by atoms with Crippen molar-refractivity contribution in [3.05, 3.63) is 42.4 Å². The normalized spacial score (nSPS) is 21.1. The predicted molar refractivity (Wildman–Crippen MR) is 128 cm³/mol. The molecule has 0 spiro atoms. The third-order valence-electron chi connectivity index (χ3n) is 6.79. The molecule has 4 aromatic rings. The van der Waals surface area contributed by atoms with Gasteiger partial charge in [0.05, 0.1) is 37.3 Å². The molecule has 1 unspecified atom stereocenters. The number of nitrogens with zero attached hydrogens (tertiary/aromatic N) is 5. The van der Waals surface area contributed by atoms with E-state index in [0.717, 1.165) is 42.7 Å². The first-order valence-corrected chi connectivity index (χ1v) is 11.8. The number of anilines is 1. The van der Waals surface area contributed by atoms with Crippen LogP contribution < -0.4 is 10.6 Å². The van der Waals surface area contributed by atoms with E-state index >= 15 is 0 Å². The molecule has 2 aliphatic rings. The van der Waals surface area contributed by atoms with Crippen molar-refractivity contribution >= 4 is 28.4 Å². The fraction of sp³-hybridized carbons (Fsp3) is 0.417. The maximum atomic E-state index is 13.1. The van der Waals surface area contributed by atoms with E-state index in [2.05, 4.69) is 31.5 Å². The number of amides is 1. The van der Waals surface area contributed by atoms with Gasteiger partial charge in [0, 0.05) is 55.7 Å². The highest BCUT2D eigenvalue weighted by molar-refractivity contribution is 6.01. The molecule has 11 heteroatoms. The van der Waals surface area contributed by atoms with Crippen molar-refractivity contribution in [2.24, 2.45) is 0 Å². The molecule has 0 bridgehead atoms. The highest BCUT2D eigenvalue weighted by Crippen LogP contribution is 2.34. The van der Waals surface area contributed by atoms with E-state index < -0.39 is 12.1 Å². The van der Waals surface area contributed by atoms with Gasteiger partial charge < -0.3 is 29.8 Å². The molecule has 0 aromatic carbocycles. The number of hydrogen-bond donors (Lipinski definition) is 3. The van der Waals surface area contributed by atoms with E-state index in [1.165, 1.54) is 6.20 Å². The lowest BCUT2D eigenvalue weighted by atomic mass is 10.1. The predicted octanol–water partition coefficient (Wildman–Crippen LogP) is 1.63. The average molecular weight is 478 g/mol. The fourth-order valence-electron chi connectivity index (χ4n) is 4.89. The number of aliphatic hydroxyl groups is 1. The Balaban J connectivity index is 1.45. The number of carbonyl (C=O) groups excluding carboxylic acids is 1. The summed E-state index contributed by atoms with van der Waals surface area (Å²) in [5.41, 5.74) is 3.31. The Morgan fingerprint density at radius 3 is 2.83 bits per heavy atom. The van der Waals surface area contributed by atoms with Gasteiger partial charge in [0.25, 0.3) is 5.91 Å². The van der Waals surface area contributed by atoms with Crippen LogP contribution in [0.25, 0.3) is 27.9 Å². The van der Waals surface area contributed by atoms with E-state index in [-0.39, 0.29) is 19.1 Å². The Kier molecular flexibility index (Phi) is 5.59. The van der Waals surface area contributed by atoms with E-state index in [0.29, 0.717) is 28.8 Å². The van der Waals surface area contributed by atoms with Gasteiger partial charge in [-0.1, -0.05) is 0 Å². The number of ether oxygens (including phenoxy) is 2. The molecule has 6 rings (SSSR count). The molecule has 35 heavy (non-hydrogen) atoms. The van der Waals surface area contributed by atoms with Gasteiger partial charge in [-0.3, -0.25) is 4.79 Å². The van der Waals surface area contributed by atoms with Crippen LogP contribution in [0.1, 0.15) is 29.2 Å². The standard InChI is InChI=1S/C24H27N7O4/c1-25-21-9-18(17-11-30(14-4-7-34-8-5-14)22-15(17)3-2-6-26-22)28-23-16(10-27-31(21)23)24(33)29-19-12-35-13-20(19)32/h2-3,6,9-11,14,19-20,25,32H,4-5,7-8,12-13H2,1H3,(H,29,33)/t19?,20-/m0/s1. The lowest BCUT2D eigenvalue weighted by Gasteiger charge is -2.24. The van der Waals surface area contributed by atoms with E-state index in [9.17, 15) is 9.90 Å². The Hall–Kier alpha value is -3.54. The van der Waals surface area contributed by atoms with Gasteiger partial charge >= 0.3 is 0 Å². The second-order valence-corrected chi connectivity index (χ2v) is 8.92. The van der Waals surface area contributed by atoms with Gasteiger partial charge in [0.1, 0.15) is 17.0 Å². The Bertz CT molecular complexity index is 1390. The topological polar surface area (TPSA) is 128 Å². The number of hydrogen-bond acceptors (Lipinski definition) is 8. The van der Waals surface area contributed by atoms with Crippen LogP contribution in [-0.4, -0.2) is 80.8 Å². The van der Waals surface area contributed by atoms with Gasteiger partial charge in [-0.25, -0.2) is 9.97 Å². The Morgan fingerprint density at radius 2 is 2.06 bits per heavy atom. The first kappa shape index (κ1) is 22.0. The zero-order valence-electron chi connectivity index (χ0n) is 19.3. The lowest BCUT2D eigenvalue weighted by molar-refractivity contribution is 0.0706. The SMILES string of the molecule is CNc1cc(-c2cn(C3CCOCC3)c3ncccc23)nc2c(C(=O)NC3COC[C@@H]3O)cnn12. The van der Waals surface area contributed by atoms with Crippen LogP contribution >= 0.6 is 0 Å². The first-order chi connectivity index (χ1) is 17.1. The van der Waals surface area contributed by atoms with Crippen molar-refractivity contribution in [2.45, 2.75) is 31.0 Å². The minimum absolute atomic E-state index is 0.206. The summed E-state index contributed by atoms with van der Waals surface area (Å²) in [5, 5.41) is 21.4. The molecular weight excluding hydrogens is 450 g/mol. The molecule has 182 valence electrons. The number of aliphatic hydroxyl groups excluding tert-OH is 1. The molecule has 0 aliphatic carbocycles. The second kappa shape index (κ2) is 8.91. The third-order valence-corrected chi connectivity index (χ3v) is 6.79. The van der Waals surface area contributed by atoms with Gasteiger partial charge in [0.15, 0.2) is 5.65 Å². The summed E-state index contributed by atoms with van der Waals surface area (Å²) in [7, 11) is 1.80. The van der Waals surface area contributed by atoms with Gasteiger partial charge in [-0.2, -0.15) is 9.61 Å². The van der Waals surface area contributed by atoms with Crippen LogP contribution in [-0.2, 0) is 9.47 Å². The molecule has 6 heterocycles. The molecule has 2 saturated heterocycles. The van der Waals surface area contributed by atoms with E-state index in [4.69, 9.17) is 14.5 Å². The molecule has 2 atom stereocenters. The highest BCUT2D eigenvalue weighted by Gasteiger charge is 2.29. The van der Waals surface area contributed by atoms with Crippen molar-refractivity contribution in [1.82, 2.24) is 29.5 Å². The Morgan fingerprint density at radius 1 is 1.20 bits per heavy atom. The molecule has 2 fully saturated rings. The second-order valence-electron chi connectivity index (χ2n) is 8.92. The summed E-state index contributed by atoms with van der Waals surface area (Å²) < 4.78 is 14.6. The van der Waals surface area contributed by atoms with Gasteiger partial charge in [0.2, 0.25) is 0 Å². The largest absolute Gasteiger partial charge is 0.388 e. The average Bonchev–Trinajstić information content (AvgIpc) is 3.61. The smallest absolute Gasteiger partial charge is 0.257 e. The summed E-state index contributed by atoms with van der Waals surface area (Å²) in [4.78, 5) is 22.6. The highest BCUT2D eigenvalue weighted by atomic mass is 16.5. The number of nitrogens with one attached hydrogen (secondary N) is 2. The zero-order valence-corrected chi connectivity index (χ0v) is 19.3. The quantitative estimate of drug-likeness (QED) is 0.396.